The Morgan fingerprint density at radius 1 is 0.680 bits per heavy atom. The molecule has 2 aromatic rings. The van der Waals surface area contributed by atoms with Gasteiger partial charge >= 0.3 is 164 Å². The number of allylic oxidation sites excluding steroid dienone is 2. The summed E-state index contributed by atoms with van der Waals surface area (Å²) in [5.41, 5.74) is 2.71. The Morgan fingerprint density at radius 2 is 1.08 bits per heavy atom. The van der Waals surface area contributed by atoms with Crippen molar-refractivity contribution in [2.45, 2.75) is 52.4 Å². The van der Waals surface area contributed by atoms with Crippen LogP contribution >= 0.6 is 0 Å². The van der Waals surface area contributed by atoms with Crippen LogP contribution in [0.5, 0.6) is 0 Å². The summed E-state index contributed by atoms with van der Waals surface area (Å²) in [7, 11) is 0. The van der Waals surface area contributed by atoms with Gasteiger partial charge in [-0.1, -0.05) is 0 Å². The zero-order valence-corrected chi connectivity index (χ0v) is 17.9. The first kappa shape index (κ1) is 20.0. The summed E-state index contributed by atoms with van der Waals surface area (Å²) in [5.74, 6) is 0. The molecule has 2 rings (SSSR count). The summed E-state index contributed by atoms with van der Waals surface area (Å²) in [5, 5.41) is 0. The Balaban J connectivity index is 2.21. The fourth-order valence-corrected chi connectivity index (χ4v) is 6.13. The molecule has 0 nitrogen and oxygen atoms in total. The third-order valence-electron chi connectivity index (χ3n) is 4.07. The molecule has 132 valence electrons. The van der Waals surface area contributed by atoms with Gasteiger partial charge in [-0.05, 0) is 0 Å². The second kappa shape index (κ2) is 12.1. The monoisotopic (exact) mass is 448 g/mol. The molecule has 0 N–H and O–H groups in total. The molecule has 2 aromatic carbocycles. The van der Waals surface area contributed by atoms with Crippen molar-refractivity contribution < 1.29 is 0 Å². The molecule has 0 heterocycles. The van der Waals surface area contributed by atoms with Gasteiger partial charge in [-0.2, -0.15) is 0 Å². The van der Waals surface area contributed by atoms with Gasteiger partial charge in [0.25, 0.3) is 0 Å². The van der Waals surface area contributed by atoms with Gasteiger partial charge < -0.3 is 0 Å². The predicted octanol–water partition coefficient (Wildman–Crippen LogP) is 7.15. The minimum atomic E-state index is -0.273. The Kier molecular flexibility index (Phi) is 9.71. The van der Waals surface area contributed by atoms with E-state index in [0.29, 0.717) is 0 Å². The summed E-state index contributed by atoms with van der Waals surface area (Å²) >= 11 is -0.273. The van der Waals surface area contributed by atoms with Gasteiger partial charge in [0.2, 0.25) is 0 Å². The molecule has 0 spiro atoms. The van der Waals surface area contributed by atoms with Gasteiger partial charge in [-0.3, -0.25) is 0 Å². The maximum atomic E-state index is 2.46. The molecule has 25 heavy (non-hydrogen) atoms. The average molecular weight is 446 g/mol. The molecule has 0 aliphatic rings. The topological polar surface area (TPSA) is 0 Å². The normalized spacial score (nSPS) is 12.4. The quantitative estimate of drug-likeness (QED) is 0.340. The van der Waals surface area contributed by atoms with E-state index in [9.17, 15) is 0 Å². The van der Waals surface area contributed by atoms with Gasteiger partial charge in [0, 0.05) is 0 Å². The molecule has 0 atom stereocenters. The van der Waals surface area contributed by atoms with Crippen molar-refractivity contribution in [3.63, 3.8) is 0 Å². The van der Waals surface area contributed by atoms with Crippen LogP contribution in [-0.4, -0.2) is 20.9 Å². The molecule has 0 saturated carbocycles. The van der Waals surface area contributed by atoms with Crippen molar-refractivity contribution in [2.24, 2.45) is 0 Å². The third kappa shape index (κ3) is 8.08. The molecular formula is C24H30Te. The van der Waals surface area contributed by atoms with Crippen LogP contribution in [0.3, 0.4) is 0 Å². The van der Waals surface area contributed by atoms with Crippen LogP contribution in [0, 0.1) is 0 Å². The number of benzene rings is 2. The van der Waals surface area contributed by atoms with Gasteiger partial charge in [-0.25, -0.2) is 0 Å². The SMILES string of the molecule is CCCCC(=Cc1ccccc1)[Te]C(=Cc1ccccc1)CCCC. The van der Waals surface area contributed by atoms with E-state index in [2.05, 4.69) is 86.7 Å². The summed E-state index contributed by atoms with van der Waals surface area (Å²) in [6, 6.07) is 21.7. The zero-order chi connectivity index (χ0) is 17.7. The van der Waals surface area contributed by atoms with E-state index in [-0.39, 0.29) is 20.9 Å². The first-order valence-electron chi connectivity index (χ1n) is 9.51. The Hall–Kier alpha value is -1.29. The molecule has 0 fully saturated rings. The molecule has 0 bridgehead atoms. The third-order valence-corrected chi connectivity index (χ3v) is 7.40. The minimum absolute atomic E-state index is 0.273. The van der Waals surface area contributed by atoms with E-state index in [1.807, 2.05) is 0 Å². The molecule has 0 saturated heterocycles. The second-order valence-corrected chi connectivity index (χ2v) is 9.93. The zero-order valence-electron chi connectivity index (χ0n) is 15.6. The van der Waals surface area contributed by atoms with Gasteiger partial charge in [0.15, 0.2) is 0 Å². The van der Waals surface area contributed by atoms with E-state index in [4.69, 9.17) is 0 Å². The first-order chi connectivity index (χ1) is 12.3. The van der Waals surface area contributed by atoms with E-state index in [0.717, 1.165) is 0 Å². The van der Waals surface area contributed by atoms with Crippen LogP contribution < -0.4 is 0 Å². The van der Waals surface area contributed by atoms with Crippen molar-refractivity contribution >= 4 is 33.1 Å². The number of rotatable bonds is 10. The Labute approximate surface area is 164 Å². The van der Waals surface area contributed by atoms with E-state index >= 15 is 0 Å². The van der Waals surface area contributed by atoms with E-state index in [1.165, 1.54) is 49.7 Å². The van der Waals surface area contributed by atoms with Gasteiger partial charge in [-0.15, -0.1) is 0 Å². The Morgan fingerprint density at radius 3 is 1.44 bits per heavy atom. The number of hydrogen-bond donors (Lipinski definition) is 0. The average Bonchev–Trinajstić information content (AvgIpc) is 2.66. The van der Waals surface area contributed by atoms with Gasteiger partial charge in [0.05, 0.1) is 0 Å². The summed E-state index contributed by atoms with van der Waals surface area (Å²) in [6.07, 6.45) is 12.6. The first-order valence-corrected chi connectivity index (χ1v) is 11.8. The molecule has 0 aliphatic heterocycles. The van der Waals surface area contributed by atoms with Crippen molar-refractivity contribution in [3.05, 3.63) is 79.0 Å². The maximum absolute atomic E-state index is 2.46. The molecule has 1 heteroatoms. The second-order valence-electron chi connectivity index (χ2n) is 6.35. The summed E-state index contributed by atoms with van der Waals surface area (Å²) in [6.45, 7) is 4.58. The molecule has 0 radical (unpaired) electrons. The van der Waals surface area contributed by atoms with Crippen LogP contribution in [0.15, 0.2) is 67.9 Å². The van der Waals surface area contributed by atoms with Crippen LogP contribution in [-0.2, 0) is 0 Å². The molecule has 0 aromatic heterocycles. The van der Waals surface area contributed by atoms with Crippen molar-refractivity contribution in [2.75, 3.05) is 0 Å². The Bertz CT molecular complexity index is 594. The molecule has 0 unspecified atom stereocenters. The fraction of sp³-hybridized carbons (Fsp3) is 0.333. The molecule has 0 aliphatic carbocycles. The standard InChI is InChI=1S/C24H30Te/c1-3-5-17-23(19-21-13-9-7-10-14-21)25-24(18-6-4-2)20-22-15-11-8-12-16-22/h7-16,19-20H,3-6,17-18H2,1-2H3. The predicted molar refractivity (Wildman–Crippen MR) is 114 cm³/mol. The van der Waals surface area contributed by atoms with Gasteiger partial charge in [0.1, 0.15) is 0 Å². The summed E-state index contributed by atoms with van der Waals surface area (Å²) in [4.78, 5) is 0. The fourth-order valence-electron chi connectivity index (χ4n) is 2.65. The van der Waals surface area contributed by atoms with Crippen LogP contribution in [0.25, 0.3) is 12.2 Å². The van der Waals surface area contributed by atoms with Crippen LogP contribution in [0.4, 0.5) is 0 Å². The van der Waals surface area contributed by atoms with Crippen LogP contribution in [0.2, 0.25) is 0 Å². The number of hydrogen-bond acceptors (Lipinski definition) is 0. The number of unbranched alkanes of at least 4 members (excludes halogenated alkanes) is 2. The van der Waals surface area contributed by atoms with Crippen LogP contribution in [0.1, 0.15) is 63.5 Å². The van der Waals surface area contributed by atoms with Crippen molar-refractivity contribution in [1.82, 2.24) is 0 Å². The molecular weight excluding hydrogens is 416 g/mol. The van der Waals surface area contributed by atoms with E-state index in [1.54, 1.807) is 7.24 Å². The van der Waals surface area contributed by atoms with Crippen molar-refractivity contribution in [3.8, 4) is 0 Å². The van der Waals surface area contributed by atoms with Crippen molar-refractivity contribution in [1.29, 1.82) is 0 Å². The molecule has 0 amide bonds. The summed E-state index contributed by atoms with van der Waals surface area (Å²) < 4.78 is 3.38. The van der Waals surface area contributed by atoms with E-state index < -0.39 is 0 Å².